The highest BCUT2D eigenvalue weighted by Gasteiger charge is 2.12. The molecule has 0 aromatic heterocycles. The van der Waals surface area contributed by atoms with Gasteiger partial charge in [0.2, 0.25) is 0 Å². The largest absolute Gasteiger partial charge is 0.493 e. The predicted octanol–water partition coefficient (Wildman–Crippen LogP) is 4.73. The standard InChI is InChI=1S/C18H18ClNO2/c1-13-3-8-17(18(11-13)21-2)22-10-9-15(12-20)14-4-6-16(19)7-5-14/h3-8,11,15H,9-10H2,1-2H3. The van der Waals surface area contributed by atoms with E-state index in [1.165, 1.54) is 0 Å². The molecule has 3 nitrogen and oxygen atoms in total. The number of ether oxygens (including phenoxy) is 2. The second-order valence-electron chi connectivity index (χ2n) is 5.02. The first-order valence-electron chi connectivity index (χ1n) is 7.06. The number of rotatable bonds is 6. The molecule has 1 unspecified atom stereocenters. The van der Waals surface area contributed by atoms with Crippen LogP contribution >= 0.6 is 11.6 Å². The van der Waals surface area contributed by atoms with Gasteiger partial charge in [-0.2, -0.15) is 5.26 Å². The summed E-state index contributed by atoms with van der Waals surface area (Å²) in [6.07, 6.45) is 0.606. The SMILES string of the molecule is COc1cc(C)ccc1OCCC(C#N)c1ccc(Cl)cc1. The van der Waals surface area contributed by atoms with Crippen molar-refractivity contribution in [2.24, 2.45) is 0 Å². The van der Waals surface area contributed by atoms with Crippen LogP contribution in [0.15, 0.2) is 42.5 Å². The van der Waals surface area contributed by atoms with E-state index in [4.69, 9.17) is 21.1 Å². The van der Waals surface area contributed by atoms with E-state index in [2.05, 4.69) is 6.07 Å². The summed E-state index contributed by atoms with van der Waals surface area (Å²) in [4.78, 5) is 0. The number of hydrogen-bond acceptors (Lipinski definition) is 3. The fourth-order valence-corrected chi connectivity index (χ4v) is 2.31. The van der Waals surface area contributed by atoms with Gasteiger partial charge in [-0.1, -0.05) is 29.8 Å². The molecule has 4 heteroatoms. The fourth-order valence-electron chi connectivity index (χ4n) is 2.18. The van der Waals surface area contributed by atoms with Crippen molar-refractivity contribution in [2.45, 2.75) is 19.3 Å². The Bertz CT molecular complexity index is 662. The minimum atomic E-state index is -0.214. The van der Waals surface area contributed by atoms with Crippen LogP contribution in [0.1, 0.15) is 23.5 Å². The van der Waals surface area contributed by atoms with Crippen LogP contribution in [0.25, 0.3) is 0 Å². The van der Waals surface area contributed by atoms with Crippen molar-refractivity contribution in [3.63, 3.8) is 0 Å². The van der Waals surface area contributed by atoms with Crippen LogP contribution in [0.2, 0.25) is 5.02 Å². The number of nitriles is 1. The van der Waals surface area contributed by atoms with Gasteiger partial charge in [0.05, 0.1) is 25.7 Å². The average molecular weight is 316 g/mol. The Morgan fingerprint density at radius 1 is 1.14 bits per heavy atom. The molecular formula is C18H18ClNO2. The van der Waals surface area contributed by atoms with Crippen LogP contribution in [0, 0.1) is 18.3 Å². The summed E-state index contributed by atoms with van der Waals surface area (Å²) in [5, 5.41) is 9.99. The molecule has 1 atom stereocenters. The Labute approximate surface area is 136 Å². The molecule has 0 saturated heterocycles. The van der Waals surface area contributed by atoms with Crippen LogP contribution in [0.3, 0.4) is 0 Å². The lowest BCUT2D eigenvalue weighted by molar-refractivity contribution is 0.285. The van der Waals surface area contributed by atoms with Gasteiger partial charge in [-0.15, -0.1) is 0 Å². The van der Waals surface area contributed by atoms with Crippen LogP contribution in [-0.4, -0.2) is 13.7 Å². The minimum absolute atomic E-state index is 0.214. The summed E-state index contributed by atoms with van der Waals surface area (Å²) in [7, 11) is 1.62. The monoisotopic (exact) mass is 315 g/mol. The molecule has 0 N–H and O–H groups in total. The molecule has 0 aliphatic carbocycles. The van der Waals surface area contributed by atoms with Crippen molar-refractivity contribution in [2.75, 3.05) is 13.7 Å². The van der Waals surface area contributed by atoms with Gasteiger partial charge in [0, 0.05) is 11.4 Å². The summed E-state index contributed by atoms with van der Waals surface area (Å²) in [5.74, 6) is 1.19. The summed E-state index contributed by atoms with van der Waals surface area (Å²) in [5.41, 5.74) is 2.06. The Morgan fingerprint density at radius 2 is 1.86 bits per heavy atom. The molecule has 0 radical (unpaired) electrons. The molecule has 2 aromatic carbocycles. The maximum absolute atomic E-state index is 9.32. The van der Waals surface area contributed by atoms with Crippen molar-refractivity contribution >= 4 is 11.6 Å². The molecule has 114 valence electrons. The van der Waals surface area contributed by atoms with Gasteiger partial charge < -0.3 is 9.47 Å². The van der Waals surface area contributed by atoms with E-state index in [1.807, 2.05) is 37.3 Å². The lowest BCUT2D eigenvalue weighted by atomic mass is 9.98. The summed E-state index contributed by atoms with van der Waals surface area (Å²) >= 11 is 5.87. The third kappa shape index (κ3) is 4.16. The molecule has 0 spiro atoms. The van der Waals surface area contributed by atoms with Crippen LogP contribution in [-0.2, 0) is 0 Å². The zero-order valence-corrected chi connectivity index (χ0v) is 13.4. The first-order valence-corrected chi connectivity index (χ1v) is 7.44. The van der Waals surface area contributed by atoms with E-state index >= 15 is 0 Å². The zero-order valence-electron chi connectivity index (χ0n) is 12.7. The van der Waals surface area contributed by atoms with E-state index in [0.717, 1.165) is 11.1 Å². The van der Waals surface area contributed by atoms with Gasteiger partial charge in [0.25, 0.3) is 0 Å². The highest BCUT2D eigenvalue weighted by Crippen LogP contribution is 2.29. The van der Waals surface area contributed by atoms with Crippen molar-refractivity contribution in [1.29, 1.82) is 5.26 Å². The van der Waals surface area contributed by atoms with Crippen molar-refractivity contribution in [3.05, 3.63) is 58.6 Å². The fraction of sp³-hybridized carbons (Fsp3) is 0.278. The molecule has 0 bridgehead atoms. The normalized spacial score (nSPS) is 11.5. The maximum Gasteiger partial charge on any atom is 0.161 e. The lowest BCUT2D eigenvalue weighted by Gasteiger charge is -2.13. The first-order chi connectivity index (χ1) is 10.6. The molecule has 0 saturated carbocycles. The lowest BCUT2D eigenvalue weighted by Crippen LogP contribution is -2.05. The Hall–Kier alpha value is -2.18. The van der Waals surface area contributed by atoms with Gasteiger partial charge in [0.15, 0.2) is 11.5 Å². The second-order valence-corrected chi connectivity index (χ2v) is 5.46. The van der Waals surface area contributed by atoms with E-state index in [0.29, 0.717) is 29.5 Å². The number of hydrogen-bond donors (Lipinski definition) is 0. The number of halogens is 1. The predicted molar refractivity (Wildman–Crippen MR) is 87.6 cm³/mol. The zero-order chi connectivity index (χ0) is 15.9. The maximum atomic E-state index is 9.32. The van der Waals surface area contributed by atoms with Gasteiger partial charge in [-0.3, -0.25) is 0 Å². The van der Waals surface area contributed by atoms with E-state index in [-0.39, 0.29) is 5.92 Å². The highest BCUT2D eigenvalue weighted by atomic mass is 35.5. The van der Waals surface area contributed by atoms with Gasteiger partial charge in [0.1, 0.15) is 0 Å². The molecule has 22 heavy (non-hydrogen) atoms. The molecule has 0 amide bonds. The Balaban J connectivity index is 1.97. The highest BCUT2D eigenvalue weighted by molar-refractivity contribution is 6.30. The summed E-state index contributed by atoms with van der Waals surface area (Å²) in [6.45, 7) is 2.44. The van der Waals surface area contributed by atoms with Crippen molar-refractivity contribution in [3.8, 4) is 17.6 Å². The summed E-state index contributed by atoms with van der Waals surface area (Å²) in [6, 6.07) is 15.4. The Morgan fingerprint density at radius 3 is 2.50 bits per heavy atom. The summed E-state index contributed by atoms with van der Waals surface area (Å²) < 4.78 is 11.1. The van der Waals surface area contributed by atoms with Crippen LogP contribution in [0.5, 0.6) is 11.5 Å². The molecule has 0 aliphatic heterocycles. The van der Waals surface area contributed by atoms with Crippen molar-refractivity contribution < 1.29 is 9.47 Å². The second kappa shape index (κ2) is 7.72. The number of nitrogens with zero attached hydrogens (tertiary/aromatic N) is 1. The Kier molecular flexibility index (Phi) is 5.68. The molecule has 0 aliphatic rings. The smallest absolute Gasteiger partial charge is 0.161 e. The third-order valence-corrected chi connectivity index (χ3v) is 3.66. The molecule has 0 heterocycles. The number of benzene rings is 2. The topological polar surface area (TPSA) is 42.2 Å². The molecular weight excluding hydrogens is 298 g/mol. The van der Waals surface area contributed by atoms with E-state index < -0.39 is 0 Å². The quantitative estimate of drug-likeness (QED) is 0.773. The average Bonchev–Trinajstić information content (AvgIpc) is 2.53. The minimum Gasteiger partial charge on any atom is -0.493 e. The first kappa shape index (κ1) is 16.2. The van der Waals surface area contributed by atoms with E-state index in [1.54, 1.807) is 19.2 Å². The van der Waals surface area contributed by atoms with Gasteiger partial charge >= 0.3 is 0 Å². The van der Waals surface area contributed by atoms with E-state index in [9.17, 15) is 5.26 Å². The van der Waals surface area contributed by atoms with Gasteiger partial charge in [-0.05, 0) is 42.3 Å². The van der Waals surface area contributed by atoms with Crippen molar-refractivity contribution in [1.82, 2.24) is 0 Å². The molecule has 2 aromatic rings. The number of methoxy groups -OCH3 is 1. The van der Waals surface area contributed by atoms with Crippen LogP contribution in [0.4, 0.5) is 0 Å². The van der Waals surface area contributed by atoms with Gasteiger partial charge in [-0.25, -0.2) is 0 Å². The van der Waals surface area contributed by atoms with Crippen LogP contribution < -0.4 is 9.47 Å². The molecule has 2 rings (SSSR count). The number of aryl methyl sites for hydroxylation is 1. The third-order valence-electron chi connectivity index (χ3n) is 3.41. The molecule has 0 fully saturated rings.